The van der Waals surface area contributed by atoms with Crippen LogP contribution in [0.5, 0.6) is 0 Å². The van der Waals surface area contributed by atoms with Crippen LogP contribution in [0.2, 0.25) is 0 Å². The van der Waals surface area contributed by atoms with Crippen LogP contribution in [0, 0.1) is 6.92 Å². The largest absolute Gasteiger partial charge is 0.348 e. The zero-order valence-electron chi connectivity index (χ0n) is 14.2. The predicted molar refractivity (Wildman–Crippen MR) is 106 cm³/mol. The van der Waals surface area contributed by atoms with Crippen LogP contribution in [0.3, 0.4) is 0 Å². The number of aromatic nitrogens is 1. The van der Waals surface area contributed by atoms with Crippen LogP contribution in [-0.4, -0.2) is 10.9 Å². The highest BCUT2D eigenvalue weighted by atomic mass is 79.9. The minimum atomic E-state index is -1.08. The lowest BCUT2D eigenvalue weighted by molar-refractivity contribution is -0.126. The molecule has 0 saturated carbocycles. The number of benzene rings is 1. The van der Waals surface area contributed by atoms with Gasteiger partial charge in [-0.25, -0.2) is 4.98 Å². The lowest BCUT2D eigenvalue weighted by Crippen LogP contribution is -2.48. The Labute approximate surface area is 161 Å². The summed E-state index contributed by atoms with van der Waals surface area (Å²) >= 11 is 5.00. The molecule has 7 heteroatoms. The molecule has 0 saturated heterocycles. The van der Waals surface area contributed by atoms with Crippen molar-refractivity contribution in [3.63, 3.8) is 0 Å². The number of carbonyl (C=O) groups excluding carboxylic acids is 1. The van der Waals surface area contributed by atoms with E-state index >= 15 is 0 Å². The molecule has 132 valence electrons. The third-order valence-electron chi connectivity index (χ3n) is 3.74. The van der Waals surface area contributed by atoms with Gasteiger partial charge in [0.15, 0.2) is 0 Å². The molecule has 24 heavy (non-hydrogen) atoms. The number of rotatable bonds is 5. The number of nitrogens with one attached hydrogen (secondary N) is 1. The molecular formula is C17H23BrClN3OS. The van der Waals surface area contributed by atoms with Crippen LogP contribution in [0.1, 0.15) is 47.8 Å². The fraction of sp³-hybridized carbons (Fsp3) is 0.412. The molecule has 0 bridgehead atoms. The molecule has 2 aromatic rings. The van der Waals surface area contributed by atoms with Gasteiger partial charge in [0, 0.05) is 9.35 Å². The van der Waals surface area contributed by atoms with Crippen molar-refractivity contribution in [2.24, 2.45) is 5.73 Å². The highest BCUT2D eigenvalue weighted by Gasteiger charge is 2.30. The predicted octanol–water partition coefficient (Wildman–Crippen LogP) is 4.25. The summed E-state index contributed by atoms with van der Waals surface area (Å²) in [5.74, 6) is 0.178. The van der Waals surface area contributed by atoms with Crippen LogP contribution in [0.15, 0.2) is 28.7 Å². The summed E-state index contributed by atoms with van der Waals surface area (Å²) in [6.07, 6.45) is 0. The van der Waals surface area contributed by atoms with E-state index in [0.717, 1.165) is 20.7 Å². The van der Waals surface area contributed by atoms with Gasteiger partial charge in [-0.2, -0.15) is 0 Å². The Kier molecular flexibility index (Phi) is 7.41. The molecule has 1 aromatic heterocycles. The first kappa shape index (κ1) is 21.1. The Morgan fingerprint density at radius 1 is 1.38 bits per heavy atom. The van der Waals surface area contributed by atoms with Gasteiger partial charge >= 0.3 is 0 Å². The van der Waals surface area contributed by atoms with Crippen molar-refractivity contribution >= 4 is 45.6 Å². The molecule has 3 N–H and O–H groups in total. The first-order chi connectivity index (χ1) is 10.7. The molecule has 0 aliphatic carbocycles. The van der Waals surface area contributed by atoms with Gasteiger partial charge in [0.25, 0.3) is 0 Å². The molecule has 0 spiro atoms. The van der Waals surface area contributed by atoms with Crippen molar-refractivity contribution in [1.29, 1.82) is 0 Å². The lowest BCUT2D eigenvalue weighted by Gasteiger charge is -2.24. The summed E-state index contributed by atoms with van der Waals surface area (Å²) in [7, 11) is 0. The molecule has 4 nitrogen and oxygen atoms in total. The number of hydrogen-bond donors (Lipinski definition) is 2. The molecule has 1 atom stereocenters. The summed E-state index contributed by atoms with van der Waals surface area (Å²) in [5.41, 5.74) is 7.03. The van der Waals surface area contributed by atoms with Crippen molar-refractivity contribution in [3.8, 4) is 0 Å². The summed E-state index contributed by atoms with van der Waals surface area (Å²) < 4.78 is 0.955. The molecule has 0 aliphatic heterocycles. The molecule has 1 unspecified atom stereocenters. The number of nitrogens with two attached hydrogens (primary N) is 1. The van der Waals surface area contributed by atoms with Gasteiger partial charge in [-0.1, -0.05) is 41.9 Å². The Morgan fingerprint density at radius 2 is 1.96 bits per heavy atom. The Hall–Kier alpha value is -0.950. The van der Waals surface area contributed by atoms with E-state index in [9.17, 15) is 4.79 Å². The monoisotopic (exact) mass is 431 g/mol. The Morgan fingerprint density at radius 3 is 2.46 bits per heavy atom. The minimum absolute atomic E-state index is 0. The van der Waals surface area contributed by atoms with Gasteiger partial charge in [-0.3, -0.25) is 4.79 Å². The smallest absolute Gasteiger partial charge is 0.244 e. The molecule has 0 radical (unpaired) electrons. The maximum Gasteiger partial charge on any atom is 0.244 e. The van der Waals surface area contributed by atoms with E-state index in [2.05, 4.69) is 47.0 Å². The number of nitrogens with zero attached hydrogens (tertiary/aromatic N) is 1. The average Bonchev–Trinajstić information content (AvgIpc) is 2.86. The summed E-state index contributed by atoms with van der Waals surface area (Å²) in [6.45, 7) is 8.43. The van der Waals surface area contributed by atoms with Crippen molar-refractivity contribution in [3.05, 3.63) is 49.9 Å². The van der Waals surface area contributed by atoms with Crippen molar-refractivity contribution in [2.75, 3.05) is 0 Å². The van der Waals surface area contributed by atoms with E-state index in [1.165, 1.54) is 4.88 Å². The zero-order chi connectivity index (χ0) is 17.2. The van der Waals surface area contributed by atoms with Crippen LogP contribution >= 0.6 is 39.7 Å². The Bertz CT molecular complexity index is 698. The average molecular weight is 433 g/mol. The van der Waals surface area contributed by atoms with E-state index in [1.807, 2.05) is 24.3 Å². The van der Waals surface area contributed by atoms with Gasteiger partial charge in [-0.05, 0) is 37.5 Å². The van der Waals surface area contributed by atoms with Crippen LogP contribution in [0.4, 0.5) is 0 Å². The van der Waals surface area contributed by atoms with E-state index in [4.69, 9.17) is 5.73 Å². The van der Waals surface area contributed by atoms with Crippen LogP contribution in [0.25, 0.3) is 0 Å². The number of aryl methyl sites for hydroxylation is 1. The topological polar surface area (TPSA) is 68.0 Å². The third-order valence-corrected chi connectivity index (χ3v) is 5.25. The van der Waals surface area contributed by atoms with Crippen molar-refractivity contribution < 1.29 is 4.79 Å². The molecule has 1 heterocycles. The fourth-order valence-electron chi connectivity index (χ4n) is 2.34. The highest BCUT2D eigenvalue weighted by molar-refractivity contribution is 9.10. The van der Waals surface area contributed by atoms with Crippen LogP contribution in [-0.2, 0) is 16.9 Å². The standard InChI is InChI=1S/C17H22BrN3OS.ClH/c1-10(2)15-11(3)23-14(21-15)9-20-16(22)17(4,19)12-5-7-13(18)8-6-12;/h5-8,10H,9,19H2,1-4H3,(H,20,22);1H. The summed E-state index contributed by atoms with van der Waals surface area (Å²) in [4.78, 5) is 18.3. The van der Waals surface area contributed by atoms with Gasteiger partial charge in [0.1, 0.15) is 10.5 Å². The first-order valence-electron chi connectivity index (χ1n) is 7.51. The highest BCUT2D eigenvalue weighted by Crippen LogP contribution is 2.25. The molecule has 1 aromatic carbocycles. The number of halogens is 2. The van der Waals surface area contributed by atoms with E-state index in [1.54, 1.807) is 18.3 Å². The normalized spacial score (nSPS) is 13.3. The van der Waals surface area contributed by atoms with Gasteiger partial charge in [0.2, 0.25) is 5.91 Å². The third kappa shape index (κ3) is 4.79. The van der Waals surface area contributed by atoms with Crippen LogP contribution < -0.4 is 11.1 Å². The maximum atomic E-state index is 12.5. The first-order valence-corrected chi connectivity index (χ1v) is 9.12. The zero-order valence-corrected chi connectivity index (χ0v) is 17.4. The van der Waals surface area contributed by atoms with Crippen molar-refractivity contribution in [1.82, 2.24) is 10.3 Å². The number of carbonyl (C=O) groups is 1. The fourth-order valence-corrected chi connectivity index (χ4v) is 3.63. The van der Waals surface area contributed by atoms with E-state index < -0.39 is 5.54 Å². The molecule has 2 rings (SSSR count). The Balaban J connectivity index is 0.00000288. The number of thiazole rings is 1. The molecule has 1 amide bonds. The van der Waals surface area contributed by atoms with Gasteiger partial charge < -0.3 is 11.1 Å². The van der Waals surface area contributed by atoms with E-state index in [0.29, 0.717) is 12.5 Å². The summed E-state index contributed by atoms with van der Waals surface area (Å²) in [5, 5.41) is 3.81. The second-order valence-electron chi connectivity index (χ2n) is 6.10. The number of amides is 1. The second-order valence-corrected chi connectivity index (χ2v) is 8.30. The SMILES string of the molecule is Cc1sc(CNC(=O)C(C)(N)c2ccc(Br)cc2)nc1C(C)C.Cl. The lowest BCUT2D eigenvalue weighted by atomic mass is 9.92. The van der Waals surface area contributed by atoms with E-state index in [-0.39, 0.29) is 18.3 Å². The summed E-state index contributed by atoms with van der Waals surface area (Å²) in [6, 6.07) is 7.47. The number of hydrogen-bond acceptors (Lipinski definition) is 4. The molecule has 0 aliphatic rings. The second kappa shape index (κ2) is 8.43. The molecular weight excluding hydrogens is 410 g/mol. The quantitative estimate of drug-likeness (QED) is 0.742. The van der Waals surface area contributed by atoms with Crippen molar-refractivity contribution in [2.45, 2.75) is 45.7 Å². The van der Waals surface area contributed by atoms with Gasteiger partial charge in [0.05, 0.1) is 12.2 Å². The molecule has 0 fully saturated rings. The minimum Gasteiger partial charge on any atom is -0.348 e. The maximum absolute atomic E-state index is 12.5. The van der Waals surface area contributed by atoms with Gasteiger partial charge in [-0.15, -0.1) is 23.7 Å².